The smallest absolute Gasteiger partial charge is 0.244 e. The predicted octanol–water partition coefficient (Wildman–Crippen LogP) is 1.95. The number of aryl methyl sites for hydroxylation is 1. The maximum absolute atomic E-state index is 12.4. The van der Waals surface area contributed by atoms with Crippen molar-refractivity contribution < 1.29 is 17.9 Å². The molecule has 1 heterocycles. The summed E-state index contributed by atoms with van der Waals surface area (Å²) in [5, 5.41) is 0.706. The Bertz CT molecular complexity index is 726. The molecule has 0 spiro atoms. The van der Waals surface area contributed by atoms with Crippen LogP contribution in [0.3, 0.4) is 0 Å². The van der Waals surface area contributed by atoms with E-state index in [0.717, 1.165) is 4.88 Å². The molecular formula is C13H16N2O4S2. The molecule has 0 fully saturated rings. The molecule has 2 rings (SSSR count). The highest BCUT2D eigenvalue weighted by atomic mass is 32.2. The lowest BCUT2D eigenvalue weighted by atomic mass is 10.3. The van der Waals surface area contributed by atoms with E-state index in [1.807, 2.05) is 6.92 Å². The Morgan fingerprint density at radius 2 is 2.05 bits per heavy atom. The SMILES string of the molecule is COc1ccc(OC)c(S(=O)(=O)NCc2ncc(C)s2)c1. The van der Waals surface area contributed by atoms with Crippen LogP contribution in [-0.4, -0.2) is 27.6 Å². The van der Waals surface area contributed by atoms with Gasteiger partial charge in [0.05, 0.1) is 20.8 Å². The number of nitrogens with zero attached hydrogens (tertiary/aromatic N) is 1. The van der Waals surface area contributed by atoms with Gasteiger partial charge in [0.2, 0.25) is 10.0 Å². The van der Waals surface area contributed by atoms with E-state index < -0.39 is 10.0 Å². The number of thiazole rings is 1. The van der Waals surface area contributed by atoms with Crippen molar-refractivity contribution in [3.8, 4) is 11.5 Å². The number of methoxy groups -OCH3 is 2. The lowest BCUT2D eigenvalue weighted by molar-refractivity contribution is 0.392. The molecule has 8 heteroatoms. The zero-order valence-corrected chi connectivity index (χ0v) is 13.5. The third kappa shape index (κ3) is 3.72. The largest absolute Gasteiger partial charge is 0.497 e. The first kappa shape index (κ1) is 15.7. The molecule has 21 heavy (non-hydrogen) atoms. The highest BCUT2D eigenvalue weighted by Gasteiger charge is 2.20. The molecule has 0 unspecified atom stereocenters. The van der Waals surface area contributed by atoms with Crippen molar-refractivity contribution in [1.29, 1.82) is 0 Å². The van der Waals surface area contributed by atoms with Crippen molar-refractivity contribution in [1.82, 2.24) is 9.71 Å². The Morgan fingerprint density at radius 1 is 1.29 bits per heavy atom. The van der Waals surface area contributed by atoms with Gasteiger partial charge in [0.25, 0.3) is 0 Å². The molecule has 0 saturated carbocycles. The van der Waals surface area contributed by atoms with Gasteiger partial charge in [0.15, 0.2) is 0 Å². The van der Waals surface area contributed by atoms with Crippen LogP contribution in [0.5, 0.6) is 11.5 Å². The summed E-state index contributed by atoms with van der Waals surface area (Å²) in [6, 6.07) is 4.62. The van der Waals surface area contributed by atoms with E-state index in [9.17, 15) is 8.42 Å². The maximum atomic E-state index is 12.4. The van der Waals surface area contributed by atoms with Gasteiger partial charge in [0.1, 0.15) is 21.4 Å². The van der Waals surface area contributed by atoms with Crippen LogP contribution in [0.1, 0.15) is 9.88 Å². The summed E-state index contributed by atoms with van der Waals surface area (Å²) in [6.45, 7) is 2.06. The Labute approximate surface area is 127 Å². The molecule has 1 N–H and O–H groups in total. The number of nitrogens with one attached hydrogen (secondary N) is 1. The van der Waals surface area contributed by atoms with Gasteiger partial charge in [-0.3, -0.25) is 0 Å². The second kappa shape index (κ2) is 6.42. The van der Waals surface area contributed by atoms with Gasteiger partial charge < -0.3 is 9.47 Å². The summed E-state index contributed by atoms with van der Waals surface area (Å²) < 4.78 is 37.5. The van der Waals surface area contributed by atoms with Crippen LogP contribution in [0.15, 0.2) is 29.3 Å². The zero-order chi connectivity index (χ0) is 15.5. The van der Waals surface area contributed by atoms with Crippen molar-refractivity contribution in [2.45, 2.75) is 18.4 Å². The summed E-state index contributed by atoms with van der Waals surface area (Å²) in [7, 11) is -0.815. The molecule has 114 valence electrons. The predicted molar refractivity (Wildman–Crippen MR) is 80.4 cm³/mol. The van der Waals surface area contributed by atoms with E-state index in [4.69, 9.17) is 9.47 Å². The maximum Gasteiger partial charge on any atom is 0.244 e. The van der Waals surface area contributed by atoms with Gasteiger partial charge in [-0.1, -0.05) is 0 Å². The minimum Gasteiger partial charge on any atom is -0.497 e. The van der Waals surface area contributed by atoms with Crippen LogP contribution < -0.4 is 14.2 Å². The Morgan fingerprint density at radius 3 is 2.62 bits per heavy atom. The number of ether oxygens (including phenoxy) is 2. The zero-order valence-electron chi connectivity index (χ0n) is 11.9. The fourth-order valence-corrected chi connectivity index (χ4v) is 3.70. The number of hydrogen-bond acceptors (Lipinski definition) is 6. The van der Waals surface area contributed by atoms with Crippen molar-refractivity contribution in [3.05, 3.63) is 34.3 Å². The fourth-order valence-electron chi connectivity index (χ4n) is 1.71. The monoisotopic (exact) mass is 328 g/mol. The Hall–Kier alpha value is -1.64. The lowest BCUT2D eigenvalue weighted by Gasteiger charge is -2.11. The van der Waals surface area contributed by atoms with Gasteiger partial charge in [-0.2, -0.15) is 0 Å². The number of hydrogen-bond donors (Lipinski definition) is 1. The highest BCUT2D eigenvalue weighted by Crippen LogP contribution is 2.28. The Balaban J connectivity index is 2.26. The van der Waals surface area contributed by atoms with Gasteiger partial charge >= 0.3 is 0 Å². The summed E-state index contributed by atoms with van der Waals surface area (Å²) in [4.78, 5) is 5.19. The first-order valence-electron chi connectivity index (χ1n) is 6.09. The number of sulfonamides is 1. The van der Waals surface area contributed by atoms with Crippen molar-refractivity contribution in [2.24, 2.45) is 0 Å². The van der Waals surface area contributed by atoms with E-state index in [-0.39, 0.29) is 17.2 Å². The third-order valence-corrected chi connectivity index (χ3v) is 5.08. The highest BCUT2D eigenvalue weighted by molar-refractivity contribution is 7.89. The summed E-state index contributed by atoms with van der Waals surface area (Å²) in [5.41, 5.74) is 0. The molecule has 0 aliphatic carbocycles. The minimum atomic E-state index is -3.71. The summed E-state index contributed by atoms with van der Waals surface area (Å²) in [6.07, 6.45) is 1.71. The molecule has 0 aliphatic rings. The fraction of sp³-hybridized carbons (Fsp3) is 0.308. The van der Waals surface area contributed by atoms with Crippen molar-refractivity contribution in [2.75, 3.05) is 14.2 Å². The lowest BCUT2D eigenvalue weighted by Crippen LogP contribution is -2.23. The second-order valence-electron chi connectivity index (χ2n) is 4.21. The summed E-state index contributed by atoms with van der Waals surface area (Å²) in [5.74, 6) is 0.708. The van der Waals surface area contributed by atoms with Crippen LogP contribution in [0.4, 0.5) is 0 Å². The quantitative estimate of drug-likeness (QED) is 0.877. The van der Waals surface area contributed by atoms with E-state index >= 15 is 0 Å². The van der Waals surface area contributed by atoms with Crippen LogP contribution >= 0.6 is 11.3 Å². The van der Waals surface area contributed by atoms with E-state index in [1.165, 1.54) is 31.6 Å². The van der Waals surface area contributed by atoms with Crippen LogP contribution in [-0.2, 0) is 16.6 Å². The molecule has 0 radical (unpaired) electrons. The normalized spacial score (nSPS) is 11.4. The van der Waals surface area contributed by atoms with Crippen LogP contribution in [0.2, 0.25) is 0 Å². The number of aromatic nitrogens is 1. The third-order valence-electron chi connectivity index (χ3n) is 2.74. The summed E-state index contributed by atoms with van der Waals surface area (Å²) >= 11 is 1.45. The Kier molecular flexibility index (Phi) is 4.81. The van der Waals surface area contributed by atoms with Crippen LogP contribution in [0, 0.1) is 6.92 Å². The molecule has 0 atom stereocenters. The van der Waals surface area contributed by atoms with Gasteiger partial charge in [0, 0.05) is 17.1 Å². The average Bonchev–Trinajstić information content (AvgIpc) is 2.90. The molecule has 1 aromatic carbocycles. The van der Waals surface area contributed by atoms with Gasteiger partial charge in [-0.25, -0.2) is 18.1 Å². The first-order chi connectivity index (χ1) is 9.96. The van der Waals surface area contributed by atoms with Crippen LogP contribution in [0.25, 0.3) is 0 Å². The molecule has 2 aromatic rings. The van der Waals surface area contributed by atoms with E-state index in [1.54, 1.807) is 18.3 Å². The molecule has 0 aliphatic heterocycles. The van der Waals surface area contributed by atoms with Gasteiger partial charge in [-0.15, -0.1) is 11.3 Å². The molecule has 0 amide bonds. The molecular weight excluding hydrogens is 312 g/mol. The van der Waals surface area contributed by atoms with Crippen molar-refractivity contribution >= 4 is 21.4 Å². The molecule has 0 bridgehead atoms. The molecule has 0 saturated heterocycles. The molecule has 1 aromatic heterocycles. The minimum absolute atomic E-state index is 0.0395. The van der Waals surface area contributed by atoms with Crippen molar-refractivity contribution in [3.63, 3.8) is 0 Å². The molecule has 6 nitrogen and oxygen atoms in total. The average molecular weight is 328 g/mol. The number of rotatable bonds is 6. The van der Waals surface area contributed by atoms with E-state index in [2.05, 4.69) is 9.71 Å². The number of benzene rings is 1. The first-order valence-corrected chi connectivity index (χ1v) is 8.39. The second-order valence-corrected chi connectivity index (χ2v) is 7.26. The standard InChI is InChI=1S/C13H16N2O4S2/c1-9-7-14-13(20-9)8-15-21(16,17)12-6-10(18-2)4-5-11(12)19-3/h4-7,15H,8H2,1-3H3. The van der Waals surface area contributed by atoms with Gasteiger partial charge in [-0.05, 0) is 19.1 Å². The topological polar surface area (TPSA) is 77.5 Å². The van der Waals surface area contributed by atoms with E-state index in [0.29, 0.717) is 10.8 Å².